The summed E-state index contributed by atoms with van der Waals surface area (Å²) in [6.07, 6.45) is 0.618. The van der Waals surface area contributed by atoms with Gasteiger partial charge in [-0.2, -0.15) is 0 Å². The monoisotopic (exact) mass is 251 g/mol. The van der Waals surface area contributed by atoms with Crippen molar-refractivity contribution >= 4 is 5.97 Å². The van der Waals surface area contributed by atoms with Crippen LogP contribution in [-0.4, -0.2) is 33.3 Å². The fourth-order valence-electron chi connectivity index (χ4n) is 2.03. The van der Waals surface area contributed by atoms with Crippen LogP contribution < -0.4 is 5.32 Å². The van der Waals surface area contributed by atoms with E-state index in [9.17, 15) is 4.79 Å². The van der Waals surface area contributed by atoms with Gasteiger partial charge in [0.1, 0.15) is 5.54 Å². The van der Waals surface area contributed by atoms with Gasteiger partial charge in [-0.3, -0.25) is 5.32 Å². The lowest BCUT2D eigenvalue weighted by molar-refractivity contribution is -0.149. The van der Waals surface area contributed by atoms with Crippen LogP contribution in [0.5, 0.6) is 0 Å². The zero-order valence-corrected chi connectivity index (χ0v) is 11.2. The van der Waals surface area contributed by atoms with E-state index in [0.717, 1.165) is 5.56 Å². The van der Waals surface area contributed by atoms with Gasteiger partial charge in [0, 0.05) is 13.7 Å². The summed E-state index contributed by atoms with van der Waals surface area (Å²) < 4.78 is 9.97. The molecule has 0 aliphatic carbocycles. The first-order chi connectivity index (χ1) is 8.71. The van der Waals surface area contributed by atoms with E-state index >= 15 is 0 Å². The minimum absolute atomic E-state index is 0.271. The number of hydrogen-bond acceptors (Lipinski definition) is 4. The van der Waals surface area contributed by atoms with Gasteiger partial charge in [0.25, 0.3) is 0 Å². The maximum atomic E-state index is 12.1. The maximum Gasteiger partial charge on any atom is 0.330 e. The largest absolute Gasteiger partial charge is 0.467 e. The zero-order valence-electron chi connectivity index (χ0n) is 11.2. The summed E-state index contributed by atoms with van der Waals surface area (Å²) in [6.45, 7) is 3.10. The van der Waals surface area contributed by atoms with Gasteiger partial charge in [-0.1, -0.05) is 37.3 Å². The number of nitrogens with one attached hydrogen (secondary N) is 1. The molecule has 0 saturated heterocycles. The lowest BCUT2D eigenvalue weighted by atomic mass is 9.87. The first-order valence-corrected chi connectivity index (χ1v) is 6.09. The van der Waals surface area contributed by atoms with Gasteiger partial charge in [-0.05, 0) is 12.0 Å². The van der Waals surface area contributed by atoms with E-state index in [1.54, 1.807) is 7.11 Å². The fourth-order valence-corrected chi connectivity index (χ4v) is 2.03. The Morgan fingerprint density at radius 2 is 1.94 bits per heavy atom. The molecule has 4 nitrogen and oxygen atoms in total. The summed E-state index contributed by atoms with van der Waals surface area (Å²) in [6, 6.07) is 9.62. The lowest BCUT2D eigenvalue weighted by Gasteiger charge is -2.31. The number of hydrogen-bond donors (Lipinski definition) is 1. The van der Waals surface area contributed by atoms with Crippen molar-refractivity contribution in [1.29, 1.82) is 0 Å². The molecule has 0 aliphatic heterocycles. The van der Waals surface area contributed by atoms with Crippen molar-refractivity contribution in [1.82, 2.24) is 5.32 Å². The van der Waals surface area contributed by atoms with Gasteiger partial charge < -0.3 is 9.47 Å². The Morgan fingerprint density at radius 3 is 2.44 bits per heavy atom. The van der Waals surface area contributed by atoms with Gasteiger partial charge in [-0.25, -0.2) is 4.79 Å². The Balaban J connectivity index is 3.02. The van der Waals surface area contributed by atoms with E-state index in [-0.39, 0.29) is 5.97 Å². The normalized spacial score (nSPS) is 13.9. The number of carbonyl (C=O) groups is 1. The summed E-state index contributed by atoms with van der Waals surface area (Å²) in [4.78, 5) is 12.1. The quantitative estimate of drug-likeness (QED) is 0.592. The molecule has 0 heterocycles. The third-order valence-corrected chi connectivity index (χ3v) is 3.06. The first-order valence-electron chi connectivity index (χ1n) is 6.09. The minimum Gasteiger partial charge on any atom is -0.467 e. The third kappa shape index (κ3) is 3.09. The van der Waals surface area contributed by atoms with Crippen LogP contribution in [-0.2, 0) is 19.8 Å². The number of benzene rings is 1. The number of esters is 1. The van der Waals surface area contributed by atoms with E-state index in [1.807, 2.05) is 37.3 Å². The molecule has 1 rings (SSSR count). The van der Waals surface area contributed by atoms with Crippen molar-refractivity contribution in [2.24, 2.45) is 0 Å². The molecule has 1 aromatic rings. The van der Waals surface area contributed by atoms with Crippen LogP contribution in [0.1, 0.15) is 18.9 Å². The van der Waals surface area contributed by atoms with Crippen molar-refractivity contribution in [2.45, 2.75) is 18.9 Å². The second-order valence-corrected chi connectivity index (χ2v) is 4.04. The van der Waals surface area contributed by atoms with E-state index in [1.165, 1.54) is 7.11 Å². The van der Waals surface area contributed by atoms with Crippen LogP contribution in [0.4, 0.5) is 0 Å². The summed E-state index contributed by atoms with van der Waals surface area (Å²) in [7, 11) is 3.05. The molecule has 0 amide bonds. The number of rotatable bonds is 7. The third-order valence-electron chi connectivity index (χ3n) is 3.06. The molecule has 0 aliphatic rings. The van der Waals surface area contributed by atoms with Gasteiger partial charge >= 0.3 is 5.97 Å². The highest BCUT2D eigenvalue weighted by molar-refractivity contribution is 5.82. The Kier molecular flexibility index (Phi) is 5.82. The van der Waals surface area contributed by atoms with Crippen molar-refractivity contribution < 1.29 is 14.3 Å². The highest BCUT2D eigenvalue weighted by Gasteiger charge is 2.38. The second kappa shape index (κ2) is 7.13. The van der Waals surface area contributed by atoms with Crippen LogP contribution in [0, 0.1) is 0 Å². The van der Waals surface area contributed by atoms with Crippen molar-refractivity contribution in [2.75, 3.05) is 27.4 Å². The second-order valence-electron chi connectivity index (χ2n) is 4.04. The first kappa shape index (κ1) is 14.7. The summed E-state index contributed by atoms with van der Waals surface area (Å²) in [5.74, 6) is -0.271. The summed E-state index contributed by atoms with van der Waals surface area (Å²) in [5, 5.41) is 3.25. The molecule has 0 fully saturated rings. The van der Waals surface area contributed by atoms with Gasteiger partial charge in [0.2, 0.25) is 0 Å². The summed E-state index contributed by atoms with van der Waals surface area (Å²) in [5.41, 5.74) is 0.115. The lowest BCUT2D eigenvalue weighted by Crippen LogP contribution is -2.50. The molecule has 1 N–H and O–H groups in total. The molecule has 18 heavy (non-hydrogen) atoms. The van der Waals surface area contributed by atoms with Crippen LogP contribution in [0.2, 0.25) is 0 Å². The molecule has 0 aromatic heterocycles. The molecule has 1 aromatic carbocycles. The Hall–Kier alpha value is -1.39. The standard InChI is InChI=1S/C14H21NO3/c1-4-14(13(16)18-3,15-10-11-17-2)12-8-6-5-7-9-12/h5-9,15H,4,10-11H2,1-3H3. The molecule has 0 saturated carbocycles. The van der Waals surface area contributed by atoms with Crippen LogP contribution in [0.25, 0.3) is 0 Å². The molecule has 4 heteroatoms. The molecular weight excluding hydrogens is 230 g/mol. The van der Waals surface area contributed by atoms with Gasteiger partial charge in [0.15, 0.2) is 0 Å². The highest BCUT2D eigenvalue weighted by atomic mass is 16.5. The average Bonchev–Trinajstić information content (AvgIpc) is 2.44. The molecule has 1 atom stereocenters. The predicted octanol–water partition coefficient (Wildman–Crippen LogP) is 1.70. The smallest absolute Gasteiger partial charge is 0.330 e. The molecule has 0 bridgehead atoms. The van der Waals surface area contributed by atoms with E-state index in [4.69, 9.17) is 9.47 Å². The number of methoxy groups -OCH3 is 2. The highest BCUT2D eigenvalue weighted by Crippen LogP contribution is 2.26. The summed E-state index contributed by atoms with van der Waals surface area (Å²) >= 11 is 0. The minimum atomic E-state index is -0.797. The molecule has 100 valence electrons. The number of carbonyl (C=O) groups excluding carboxylic acids is 1. The van der Waals surface area contributed by atoms with Crippen molar-refractivity contribution in [3.8, 4) is 0 Å². The Labute approximate surface area is 108 Å². The molecule has 0 radical (unpaired) electrons. The van der Waals surface area contributed by atoms with Gasteiger partial charge in [-0.15, -0.1) is 0 Å². The van der Waals surface area contributed by atoms with E-state index in [0.29, 0.717) is 19.6 Å². The fraction of sp³-hybridized carbons (Fsp3) is 0.500. The van der Waals surface area contributed by atoms with Crippen LogP contribution in [0.15, 0.2) is 30.3 Å². The van der Waals surface area contributed by atoms with Crippen molar-refractivity contribution in [3.63, 3.8) is 0 Å². The predicted molar refractivity (Wildman–Crippen MR) is 70.3 cm³/mol. The van der Waals surface area contributed by atoms with E-state index < -0.39 is 5.54 Å². The Bertz CT molecular complexity index is 367. The zero-order chi connectivity index (χ0) is 13.4. The Morgan fingerprint density at radius 1 is 1.28 bits per heavy atom. The van der Waals surface area contributed by atoms with Crippen LogP contribution in [0.3, 0.4) is 0 Å². The molecule has 0 spiro atoms. The van der Waals surface area contributed by atoms with Gasteiger partial charge in [0.05, 0.1) is 13.7 Å². The van der Waals surface area contributed by atoms with E-state index in [2.05, 4.69) is 5.32 Å². The maximum absolute atomic E-state index is 12.1. The van der Waals surface area contributed by atoms with Crippen molar-refractivity contribution in [3.05, 3.63) is 35.9 Å². The molecular formula is C14H21NO3. The average molecular weight is 251 g/mol. The SMILES string of the molecule is CCC(NCCOC)(C(=O)OC)c1ccccc1. The number of ether oxygens (including phenoxy) is 2. The topological polar surface area (TPSA) is 47.6 Å². The molecule has 1 unspecified atom stereocenters. The van der Waals surface area contributed by atoms with Crippen LogP contribution >= 0.6 is 0 Å².